The highest BCUT2D eigenvalue weighted by atomic mass is 16.5. The van der Waals surface area contributed by atoms with Crippen molar-refractivity contribution in [2.45, 2.75) is 12.5 Å². The highest BCUT2D eigenvalue weighted by Gasteiger charge is 2.38. The number of hydrogen-bond donors (Lipinski definition) is 2. The summed E-state index contributed by atoms with van der Waals surface area (Å²) < 4.78 is 15.9. The fourth-order valence-corrected chi connectivity index (χ4v) is 3.73. The van der Waals surface area contributed by atoms with Crippen LogP contribution in [-0.2, 0) is 14.4 Å². The Morgan fingerprint density at radius 2 is 1.49 bits per heavy atom. The number of methoxy groups -OCH3 is 2. The van der Waals surface area contributed by atoms with Gasteiger partial charge in [-0.2, -0.15) is 0 Å². The molecule has 4 rings (SSSR count). The van der Waals surface area contributed by atoms with Crippen LogP contribution >= 0.6 is 0 Å². The molecule has 3 aromatic carbocycles. The predicted octanol–water partition coefficient (Wildman–Crippen LogP) is 3.47. The van der Waals surface area contributed by atoms with Crippen LogP contribution < -0.4 is 29.7 Å². The zero-order valence-corrected chi connectivity index (χ0v) is 19.3. The molecule has 0 saturated carbocycles. The molecule has 0 saturated heterocycles. The van der Waals surface area contributed by atoms with Crippen LogP contribution in [0, 0.1) is 0 Å². The maximum Gasteiger partial charge on any atom is 0.265 e. The van der Waals surface area contributed by atoms with Crippen LogP contribution in [0.15, 0.2) is 72.8 Å². The number of carbonyl (C=O) groups is 3. The second-order valence-electron chi connectivity index (χ2n) is 7.73. The van der Waals surface area contributed by atoms with Crippen molar-refractivity contribution < 1.29 is 28.6 Å². The lowest BCUT2D eigenvalue weighted by atomic mass is 10.0. The van der Waals surface area contributed by atoms with Crippen LogP contribution in [0.3, 0.4) is 0 Å². The van der Waals surface area contributed by atoms with Gasteiger partial charge in [-0.15, -0.1) is 0 Å². The fourth-order valence-electron chi connectivity index (χ4n) is 3.73. The van der Waals surface area contributed by atoms with E-state index >= 15 is 0 Å². The zero-order chi connectivity index (χ0) is 24.8. The number of nitrogens with zero attached hydrogens (tertiary/aromatic N) is 1. The van der Waals surface area contributed by atoms with Crippen molar-refractivity contribution >= 4 is 34.8 Å². The largest absolute Gasteiger partial charge is 0.497 e. The fraction of sp³-hybridized carbons (Fsp3) is 0.192. The molecule has 9 nitrogen and oxygen atoms in total. The third-order valence-corrected chi connectivity index (χ3v) is 5.48. The van der Waals surface area contributed by atoms with Gasteiger partial charge in [-0.25, -0.2) is 0 Å². The van der Waals surface area contributed by atoms with Crippen molar-refractivity contribution in [1.29, 1.82) is 0 Å². The lowest BCUT2D eigenvalue weighted by Crippen LogP contribution is -2.53. The summed E-state index contributed by atoms with van der Waals surface area (Å²) in [7, 11) is 3.11. The van der Waals surface area contributed by atoms with E-state index in [4.69, 9.17) is 14.2 Å². The van der Waals surface area contributed by atoms with E-state index in [2.05, 4.69) is 10.6 Å². The summed E-state index contributed by atoms with van der Waals surface area (Å²) in [5.41, 5.74) is 1.54. The molecule has 35 heavy (non-hydrogen) atoms. The molecular formula is C26H25N3O6. The molecule has 3 aromatic rings. The SMILES string of the molecule is COc1ccc(NC(=O)C[C@H]2C(=O)Nc3ccccc3N2C(=O)COc2ccc(OC)cc2)cc1. The number of rotatable bonds is 8. The van der Waals surface area contributed by atoms with Gasteiger partial charge in [0.05, 0.1) is 32.0 Å². The summed E-state index contributed by atoms with van der Waals surface area (Å²) in [5.74, 6) is 0.469. The molecule has 2 N–H and O–H groups in total. The average molecular weight is 476 g/mol. The molecule has 180 valence electrons. The van der Waals surface area contributed by atoms with Gasteiger partial charge in [-0.3, -0.25) is 19.3 Å². The van der Waals surface area contributed by atoms with Gasteiger partial charge in [0.15, 0.2) is 6.61 Å². The summed E-state index contributed by atoms with van der Waals surface area (Å²) in [5, 5.41) is 5.54. The van der Waals surface area contributed by atoms with Gasteiger partial charge in [0, 0.05) is 5.69 Å². The topological polar surface area (TPSA) is 106 Å². The van der Waals surface area contributed by atoms with E-state index in [1.54, 1.807) is 87.0 Å². The molecule has 1 heterocycles. The maximum absolute atomic E-state index is 13.3. The summed E-state index contributed by atoms with van der Waals surface area (Å²) in [6.07, 6.45) is -0.236. The van der Waals surface area contributed by atoms with Crippen LogP contribution in [0.5, 0.6) is 17.2 Å². The number of nitrogens with one attached hydrogen (secondary N) is 2. The molecule has 0 radical (unpaired) electrons. The normalized spacial score (nSPS) is 14.4. The predicted molar refractivity (Wildman–Crippen MR) is 131 cm³/mol. The monoisotopic (exact) mass is 475 g/mol. The van der Waals surface area contributed by atoms with E-state index in [1.165, 1.54) is 4.90 Å². The third-order valence-electron chi connectivity index (χ3n) is 5.48. The smallest absolute Gasteiger partial charge is 0.265 e. The van der Waals surface area contributed by atoms with Crippen molar-refractivity contribution in [3.8, 4) is 17.2 Å². The minimum Gasteiger partial charge on any atom is -0.497 e. The van der Waals surface area contributed by atoms with E-state index in [-0.39, 0.29) is 13.0 Å². The molecule has 9 heteroatoms. The Kier molecular flexibility index (Phi) is 7.15. The molecule has 0 aliphatic carbocycles. The van der Waals surface area contributed by atoms with Crippen molar-refractivity contribution in [1.82, 2.24) is 0 Å². The Hall–Kier alpha value is -4.53. The molecular weight excluding hydrogens is 450 g/mol. The van der Waals surface area contributed by atoms with E-state index < -0.39 is 23.8 Å². The number of anilines is 3. The first-order chi connectivity index (χ1) is 17.0. The summed E-state index contributed by atoms with van der Waals surface area (Å²) >= 11 is 0. The molecule has 3 amide bonds. The summed E-state index contributed by atoms with van der Waals surface area (Å²) in [6.45, 7) is -0.315. The molecule has 1 aliphatic heterocycles. The quantitative estimate of drug-likeness (QED) is 0.517. The van der Waals surface area contributed by atoms with Gasteiger partial charge in [-0.05, 0) is 60.7 Å². The Balaban J connectivity index is 1.51. The first kappa shape index (κ1) is 23.6. The van der Waals surface area contributed by atoms with Crippen molar-refractivity contribution in [2.75, 3.05) is 36.4 Å². The number of benzene rings is 3. The minimum atomic E-state index is -1.05. The lowest BCUT2D eigenvalue weighted by Gasteiger charge is -2.36. The number of amides is 3. The highest BCUT2D eigenvalue weighted by Crippen LogP contribution is 2.33. The number of ether oxygens (including phenoxy) is 3. The van der Waals surface area contributed by atoms with Gasteiger partial charge < -0.3 is 24.8 Å². The first-order valence-electron chi connectivity index (χ1n) is 10.9. The van der Waals surface area contributed by atoms with Gasteiger partial charge >= 0.3 is 0 Å². The van der Waals surface area contributed by atoms with Crippen LogP contribution in [0.4, 0.5) is 17.1 Å². The first-order valence-corrected chi connectivity index (χ1v) is 10.9. The number of fused-ring (bicyclic) bond motifs is 1. The van der Waals surface area contributed by atoms with Crippen LogP contribution in [0.2, 0.25) is 0 Å². The molecule has 0 fully saturated rings. The molecule has 0 bridgehead atoms. The molecule has 1 atom stereocenters. The van der Waals surface area contributed by atoms with Crippen molar-refractivity contribution in [3.05, 3.63) is 72.8 Å². The van der Waals surface area contributed by atoms with E-state index in [0.29, 0.717) is 34.3 Å². The van der Waals surface area contributed by atoms with Crippen molar-refractivity contribution in [3.63, 3.8) is 0 Å². The Morgan fingerprint density at radius 1 is 0.886 bits per heavy atom. The second kappa shape index (κ2) is 10.6. The van der Waals surface area contributed by atoms with Gasteiger partial charge in [0.2, 0.25) is 11.8 Å². The molecule has 0 unspecified atom stereocenters. The Labute approximate surface area is 202 Å². The van der Waals surface area contributed by atoms with Gasteiger partial charge in [0.25, 0.3) is 5.91 Å². The number of hydrogen-bond acceptors (Lipinski definition) is 6. The zero-order valence-electron chi connectivity index (χ0n) is 19.3. The van der Waals surface area contributed by atoms with E-state index in [0.717, 1.165) is 0 Å². The maximum atomic E-state index is 13.3. The minimum absolute atomic E-state index is 0.236. The molecule has 0 aromatic heterocycles. The van der Waals surface area contributed by atoms with E-state index in [9.17, 15) is 14.4 Å². The van der Waals surface area contributed by atoms with Gasteiger partial charge in [0.1, 0.15) is 23.3 Å². The second-order valence-corrected chi connectivity index (χ2v) is 7.73. The lowest BCUT2D eigenvalue weighted by molar-refractivity contribution is -0.127. The van der Waals surface area contributed by atoms with Crippen LogP contribution in [-0.4, -0.2) is 44.6 Å². The van der Waals surface area contributed by atoms with Crippen molar-refractivity contribution in [2.24, 2.45) is 0 Å². The third kappa shape index (κ3) is 5.52. The number of carbonyl (C=O) groups excluding carboxylic acids is 3. The highest BCUT2D eigenvalue weighted by molar-refractivity contribution is 6.14. The molecule has 0 spiro atoms. The Bertz CT molecular complexity index is 1210. The van der Waals surface area contributed by atoms with E-state index in [1.807, 2.05) is 0 Å². The van der Waals surface area contributed by atoms with Crippen LogP contribution in [0.25, 0.3) is 0 Å². The average Bonchev–Trinajstić information content (AvgIpc) is 2.88. The standard InChI is InChI=1S/C26H25N3O6/c1-33-18-9-7-17(8-10-18)27-24(30)15-23-26(32)28-21-5-3-4-6-22(21)29(23)25(31)16-35-20-13-11-19(34-2)12-14-20/h3-14,23H,15-16H2,1-2H3,(H,27,30)(H,28,32)/t23-/m0/s1. The molecule has 1 aliphatic rings. The summed E-state index contributed by atoms with van der Waals surface area (Å²) in [4.78, 5) is 40.3. The number of para-hydroxylation sites is 2. The summed E-state index contributed by atoms with van der Waals surface area (Å²) in [6, 6.07) is 19.5. The Morgan fingerprint density at radius 3 is 2.14 bits per heavy atom. The van der Waals surface area contributed by atoms with Crippen LogP contribution in [0.1, 0.15) is 6.42 Å². The van der Waals surface area contributed by atoms with Gasteiger partial charge in [-0.1, -0.05) is 12.1 Å².